The van der Waals surface area contributed by atoms with Gasteiger partial charge in [-0.3, -0.25) is 14.3 Å². The van der Waals surface area contributed by atoms with Crippen molar-refractivity contribution in [3.05, 3.63) is 15.1 Å². The molecule has 0 amide bonds. The third-order valence-corrected chi connectivity index (χ3v) is 4.00. The number of nitrogens with one attached hydrogen (secondary N) is 1. The van der Waals surface area contributed by atoms with Crippen molar-refractivity contribution in [2.75, 3.05) is 19.5 Å². The van der Waals surface area contributed by atoms with Gasteiger partial charge in [0.2, 0.25) is 5.95 Å². The lowest BCUT2D eigenvalue weighted by molar-refractivity contribution is -0.0584. The molecule has 1 aliphatic heterocycles. The van der Waals surface area contributed by atoms with Crippen LogP contribution in [0.2, 0.25) is 0 Å². The Balaban J connectivity index is 0.000000698. The highest BCUT2D eigenvalue weighted by Gasteiger charge is 2.29. The number of nitrogen functional groups attached to an aromatic ring is 1. The summed E-state index contributed by atoms with van der Waals surface area (Å²) in [4.78, 5) is 22.4. The van der Waals surface area contributed by atoms with Gasteiger partial charge >= 0.3 is 0 Å². The maximum absolute atomic E-state index is 11.7. The number of H-pyrrole nitrogens is 1. The molecule has 0 aliphatic carbocycles. The number of fused-ring (bicyclic) bond motifs is 1. The first-order valence-electron chi connectivity index (χ1n) is 9.27. The summed E-state index contributed by atoms with van der Waals surface area (Å²) in [5.41, 5.74) is 5.74. The number of aromatic amines is 1. The molecule has 1 fully saturated rings. The summed E-state index contributed by atoms with van der Waals surface area (Å²) >= 11 is 3.30. The zero-order valence-corrected chi connectivity index (χ0v) is 18.9. The maximum atomic E-state index is 11.7. The van der Waals surface area contributed by atoms with Gasteiger partial charge in [-0.2, -0.15) is 4.98 Å². The Labute approximate surface area is 173 Å². The summed E-state index contributed by atoms with van der Waals surface area (Å²) in [6.07, 6.45) is 0.323. The fourth-order valence-corrected chi connectivity index (χ4v) is 2.81. The fraction of sp³-hybridized carbons (Fsp3) is 0.706. The van der Waals surface area contributed by atoms with Gasteiger partial charge in [-0.05, 0) is 35.7 Å². The number of methoxy groups -OCH3 is 1. The monoisotopic (exact) mass is 465 g/mol. The second-order valence-electron chi connectivity index (χ2n) is 5.18. The summed E-state index contributed by atoms with van der Waals surface area (Å²) < 4.78 is 12.1. The summed E-state index contributed by atoms with van der Waals surface area (Å²) in [5, 5.41) is 17.2. The first kappa shape index (κ1) is 26.5. The van der Waals surface area contributed by atoms with Crippen LogP contribution in [0.1, 0.15) is 53.7 Å². The Bertz CT molecular complexity index is 749. The number of halogens is 1. The number of ether oxygens (including phenoxy) is 2. The Morgan fingerprint density at radius 1 is 1.36 bits per heavy atom. The largest absolute Gasteiger partial charge is 0.394 e. The minimum atomic E-state index is -0.616. The molecular weight excluding hydrogens is 434 g/mol. The van der Waals surface area contributed by atoms with Crippen LogP contribution in [0.5, 0.6) is 0 Å². The Morgan fingerprint density at radius 3 is 2.39 bits per heavy atom. The molecule has 28 heavy (non-hydrogen) atoms. The quantitative estimate of drug-likeness (QED) is 0.397. The van der Waals surface area contributed by atoms with E-state index in [4.69, 9.17) is 20.7 Å². The molecule has 162 valence electrons. The number of rotatable bonds is 3. The number of imidazole rings is 1. The molecular formula is C17H32BrN5O5. The van der Waals surface area contributed by atoms with Crippen LogP contribution in [-0.4, -0.2) is 55.8 Å². The van der Waals surface area contributed by atoms with E-state index in [1.807, 2.05) is 27.7 Å². The van der Waals surface area contributed by atoms with Gasteiger partial charge in [0.05, 0.1) is 12.7 Å². The molecule has 1 aliphatic rings. The summed E-state index contributed by atoms with van der Waals surface area (Å²) in [7, 11) is 1.45. The van der Waals surface area contributed by atoms with Crippen molar-refractivity contribution < 1.29 is 19.7 Å². The number of anilines is 1. The van der Waals surface area contributed by atoms with Crippen molar-refractivity contribution in [1.29, 1.82) is 0 Å². The highest BCUT2D eigenvalue weighted by Crippen LogP contribution is 2.32. The van der Waals surface area contributed by atoms with Gasteiger partial charge in [0, 0.05) is 7.11 Å². The lowest BCUT2D eigenvalue weighted by Gasteiger charge is -2.15. The van der Waals surface area contributed by atoms with Crippen LogP contribution in [-0.2, 0) is 9.47 Å². The average molecular weight is 466 g/mol. The van der Waals surface area contributed by atoms with E-state index in [0.717, 1.165) is 6.42 Å². The summed E-state index contributed by atoms with van der Waals surface area (Å²) in [6.45, 7) is 9.52. The van der Waals surface area contributed by atoms with Crippen molar-refractivity contribution in [1.82, 2.24) is 19.5 Å². The Kier molecular flexibility index (Phi) is 12.9. The standard InChI is InChI=1S/C10H12BrN5O3.C3H8O2.2C2H6/c11-9-13-6-7(14-10(12)15-8(6)18)16(9)5-2-1-4(3-17)19-5;1-3(4)5-2;2*1-2/h4-5,17H,1-3H2,(H3,12,14,15,18);3-4H,1-2H3;2*1-2H3. The molecule has 2 aromatic rings. The predicted molar refractivity (Wildman–Crippen MR) is 112 cm³/mol. The van der Waals surface area contributed by atoms with Crippen molar-refractivity contribution in [2.45, 2.75) is 66.1 Å². The number of aliphatic hydroxyl groups is 2. The zero-order chi connectivity index (χ0) is 21.9. The van der Waals surface area contributed by atoms with E-state index < -0.39 is 11.8 Å². The molecule has 0 bridgehead atoms. The van der Waals surface area contributed by atoms with Gasteiger partial charge in [-0.1, -0.05) is 27.7 Å². The van der Waals surface area contributed by atoms with Crippen LogP contribution in [0.4, 0.5) is 5.95 Å². The van der Waals surface area contributed by atoms with E-state index in [9.17, 15) is 4.79 Å². The molecule has 1 saturated heterocycles. The van der Waals surface area contributed by atoms with E-state index in [-0.39, 0.29) is 30.4 Å². The molecule has 0 saturated carbocycles. The van der Waals surface area contributed by atoms with Crippen LogP contribution >= 0.6 is 15.9 Å². The normalized spacial score (nSPS) is 18.9. The van der Waals surface area contributed by atoms with Gasteiger partial charge in [0.25, 0.3) is 5.56 Å². The Hall–Kier alpha value is -1.53. The fourth-order valence-electron chi connectivity index (χ4n) is 2.24. The van der Waals surface area contributed by atoms with Crippen LogP contribution < -0.4 is 11.3 Å². The molecule has 3 atom stereocenters. The second kappa shape index (κ2) is 13.6. The predicted octanol–water partition coefficient (Wildman–Crippen LogP) is 2.16. The van der Waals surface area contributed by atoms with Crippen molar-refractivity contribution in [3.63, 3.8) is 0 Å². The van der Waals surface area contributed by atoms with Crippen LogP contribution in [0.15, 0.2) is 9.53 Å². The molecule has 11 heteroatoms. The molecule has 0 radical (unpaired) electrons. The van der Waals surface area contributed by atoms with E-state index in [1.54, 1.807) is 11.5 Å². The average Bonchev–Trinajstić information content (AvgIpc) is 3.29. The number of nitrogens with zero attached hydrogens (tertiary/aromatic N) is 3. The van der Waals surface area contributed by atoms with Gasteiger partial charge in [-0.25, -0.2) is 4.98 Å². The SMILES string of the molecule is CC.CC.COC(C)O.Nc1nc2c(nc(Br)n2C2CCC(CO)O2)c(=O)[nH]1. The van der Waals surface area contributed by atoms with E-state index in [0.29, 0.717) is 16.8 Å². The van der Waals surface area contributed by atoms with Gasteiger partial charge < -0.3 is 25.4 Å². The molecule has 0 spiro atoms. The minimum Gasteiger partial charge on any atom is -0.394 e. The lowest BCUT2D eigenvalue weighted by Crippen LogP contribution is -2.16. The minimum absolute atomic E-state index is 0.0304. The summed E-state index contributed by atoms with van der Waals surface area (Å²) in [5.74, 6) is 0.0304. The first-order valence-corrected chi connectivity index (χ1v) is 10.1. The zero-order valence-electron chi connectivity index (χ0n) is 17.3. The Morgan fingerprint density at radius 2 is 1.93 bits per heavy atom. The van der Waals surface area contributed by atoms with E-state index >= 15 is 0 Å². The highest BCUT2D eigenvalue weighted by atomic mass is 79.9. The third kappa shape index (κ3) is 7.13. The number of nitrogens with two attached hydrogens (primary N) is 1. The molecule has 2 aromatic heterocycles. The second-order valence-corrected chi connectivity index (χ2v) is 5.89. The van der Waals surface area contributed by atoms with Crippen molar-refractivity contribution >= 4 is 33.0 Å². The summed E-state index contributed by atoms with van der Waals surface area (Å²) in [6, 6.07) is 0. The van der Waals surface area contributed by atoms with Gasteiger partial charge in [0.1, 0.15) is 6.23 Å². The smallest absolute Gasteiger partial charge is 0.280 e. The van der Waals surface area contributed by atoms with Crippen LogP contribution in [0.25, 0.3) is 11.2 Å². The van der Waals surface area contributed by atoms with Gasteiger partial charge in [-0.15, -0.1) is 0 Å². The lowest BCUT2D eigenvalue weighted by atomic mass is 10.2. The molecule has 5 N–H and O–H groups in total. The first-order chi connectivity index (χ1) is 13.4. The topological polar surface area (TPSA) is 149 Å². The van der Waals surface area contributed by atoms with Gasteiger partial charge in [0.15, 0.2) is 22.2 Å². The molecule has 0 aromatic carbocycles. The van der Waals surface area contributed by atoms with Crippen molar-refractivity contribution in [2.24, 2.45) is 0 Å². The number of hydrogen-bond acceptors (Lipinski definition) is 8. The third-order valence-electron chi connectivity index (χ3n) is 3.44. The molecule has 3 rings (SSSR count). The number of hydrogen-bond donors (Lipinski definition) is 4. The van der Waals surface area contributed by atoms with Crippen LogP contribution in [0, 0.1) is 0 Å². The van der Waals surface area contributed by atoms with E-state index in [1.165, 1.54) is 7.11 Å². The van der Waals surface area contributed by atoms with Crippen molar-refractivity contribution in [3.8, 4) is 0 Å². The maximum Gasteiger partial charge on any atom is 0.280 e. The number of aliphatic hydroxyl groups excluding tert-OH is 2. The molecule has 10 nitrogen and oxygen atoms in total. The molecule has 3 unspecified atom stereocenters. The number of aromatic nitrogens is 4. The van der Waals surface area contributed by atoms with Crippen LogP contribution in [0.3, 0.4) is 0 Å². The van der Waals surface area contributed by atoms with E-state index in [2.05, 4.69) is 35.6 Å². The highest BCUT2D eigenvalue weighted by molar-refractivity contribution is 9.10. The molecule has 3 heterocycles.